The number of hydrogen-bond acceptors (Lipinski definition) is 2. The van der Waals surface area contributed by atoms with E-state index in [1.165, 1.54) is 11.3 Å². The molecule has 2 nitrogen and oxygen atoms in total. The van der Waals surface area contributed by atoms with E-state index in [2.05, 4.69) is 5.32 Å². The molecule has 1 aromatic rings. The van der Waals surface area contributed by atoms with E-state index in [0.29, 0.717) is 4.34 Å². The zero-order chi connectivity index (χ0) is 9.14. The molecule has 0 fully saturated rings. The lowest BCUT2D eigenvalue weighted by Gasteiger charge is -2.04. The molecule has 0 aliphatic carbocycles. The highest BCUT2D eigenvalue weighted by Gasteiger charge is 2.07. The van der Waals surface area contributed by atoms with E-state index in [0.717, 1.165) is 5.69 Å². The highest BCUT2D eigenvalue weighted by atomic mass is 35.5. The van der Waals surface area contributed by atoms with Crippen LogP contribution in [0.25, 0.3) is 0 Å². The van der Waals surface area contributed by atoms with E-state index >= 15 is 0 Å². The van der Waals surface area contributed by atoms with Crippen molar-refractivity contribution >= 4 is 34.5 Å². The minimum atomic E-state index is 0.00340. The second-order valence-electron chi connectivity index (χ2n) is 2.78. The minimum absolute atomic E-state index is 0.00340. The predicted molar refractivity (Wildman–Crippen MR) is 52.8 cm³/mol. The molecule has 0 unspecified atom stereocenters. The predicted octanol–water partition coefficient (Wildman–Crippen LogP) is 3.00. The average Bonchev–Trinajstić information content (AvgIpc) is 2.35. The van der Waals surface area contributed by atoms with Gasteiger partial charge in [-0.05, 0) is 6.07 Å². The molecule has 1 N–H and O–H groups in total. The summed E-state index contributed by atoms with van der Waals surface area (Å²) in [7, 11) is 0. The van der Waals surface area contributed by atoms with Crippen LogP contribution < -0.4 is 5.32 Å². The molecule has 0 radical (unpaired) electrons. The third-order valence-corrected chi connectivity index (χ3v) is 2.45. The maximum Gasteiger partial charge on any atom is 0.226 e. The fourth-order valence-corrected chi connectivity index (χ4v) is 1.47. The molecular weight excluding hydrogens is 194 g/mol. The first-order valence-electron chi connectivity index (χ1n) is 3.64. The Labute approximate surface area is 80.5 Å². The van der Waals surface area contributed by atoms with E-state index in [1.807, 2.05) is 19.2 Å². The van der Waals surface area contributed by atoms with Gasteiger partial charge in [-0.15, -0.1) is 11.3 Å². The molecule has 1 heterocycles. The van der Waals surface area contributed by atoms with E-state index < -0.39 is 0 Å². The number of thiophene rings is 1. The maximum atomic E-state index is 11.2. The highest BCUT2D eigenvalue weighted by Crippen LogP contribution is 2.23. The molecule has 1 rings (SSSR count). The third kappa shape index (κ3) is 2.50. The number of carbonyl (C=O) groups is 1. The Morgan fingerprint density at radius 2 is 2.33 bits per heavy atom. The van der Waals surface area contributed by atoms with Crippen LogP contribution in [0.5, 0.6) is 0 Å². The average molecular weight is 204 g/mol. The van der Waals surface area contributed by atoms with E-state index in [4.69, 9.17) is 11.6 Å². The van der Waals surface area contributed by atoms with Crippen LogP contribution in [0.3, 0.4) is 0 Å². The van der Waals surface area contributed by atoms with Crippen molar-refractivity contribution < 1.29 is 4.79 Å². The summed E-state index contributed by atoms with van der Waals surface area (Å²) in [6.07, 6.45) is 0. The number of amides is 1. The third-order valence-electron chi connectivity index (χ3n) is 1.36. The quantitative estimate of drug-likeness (QED) is 0.787. The van der Waals surface area contributed by atoms with E-state index in [1.54, 1.807) is 6.07 Å². The summed E-state index contributed by atoms with van der Waals surface area (Å²) >= 11 is 7.10. The van der Waals surface area contributed by atoms with Crippen molar-refractivity contribution in [2.24, 2.45) is 5.92 Å². The van der Waals surface area contributed by atoms with Gasteiger partial charge in [-0.3, -0.25) is 4.79 Å². The molecule has 4 heteroatoms. The highest BCUT2D eigenvalue weighted by molar-refractivity contribution is 7.14. The van der Waals surface area contributed by atoms with Gasteiger partial charge in [0, 0.05) is 11.3 Å². The number of rotatable bonds is 2. The van der Waals surface area contributed by atoms with Crippen LogP contribution in [0.2, 0.25) is 4.34 Å². The monoisotopic (exact) mass is 203 g/mol. The molecule has 0 aromatic carbocycles. The molecule has 1 aromatic heterocycles. The van der Waals surface area contributed by atoms with Crippen molar-refractivity contribution in [3.05, 3.63) is 15.8 Å². The van der Waals surface area contributed by atoms with Gasteiger partial charge in [0.2, 0.25) is 5.91 Å². The fraction of sp³-hybridized carbons (Fsp3) is 0.375. The van der Waals surface area contributed by atoms with Crippen molar-refractivity contribution in [2.45, 2.75) is 13.8 Å². The first-order valence-corrected chi connectivity index (χ1v) is 4.90. The molecule has 0 aliphatic heterocycles. The Balaban J connectivity index is 2.58. The molecule has 1 amide bonds. The lowest BCUT2D eigenvalue weighted by molar-refractivity contribution is -0.118. The van der Waals surface area contributed by atoms with Crippen LogP contribution in [-0.2, 0) is 4.79 Å². The van der Waals surface area contributed by atoms with Crippen molar-refractivity contribution in [1.82, 2.24) is 0 Å². The fourth-order valence-electron chi connectivity index (χ4n) is 0.662. The van der Waals surface area contributed by atoms with Crippen molar-refractivity contribution in [1.29, 1.82) is 0 Å². The van der Waals surface area contributed by atoms with Crippen molar-refractivity contribution in [2.75, 3.05) is 5.32 Å². The van der Waals surface area contributed by atoms with Crippen LogP contribution in [0, 0.1) is 5.92 Å². The van der Waals surface area contributed by atoms with Crippen molar-refractivity contribution in [3.8, 4) is 0 Å². The lowest BCUT2D eigenvalue weighted by atomic mass is 10.2. The summed E-state index contributed by atoms with van der Waals surface area (Å²) in [5.74, 6) is 0.0214. The largest absolute Gasteiger partial charge is 0.325 e. The number of halogens is 1. The van der Waals surface area contributed by atoms with Gasteiger partial charge in [0.1, 0.15) is 0 Å². The van der Waals surface area contributed by atoms with Gasteiger partial charge in [-0.25, -0.2) is 0 Å². The van der Waals surface area contributed by atoms with Crippen LogP contribution in [0.1, 0.15) is 13.8 Å². The van der Waals surface area contributed by atoms with Crippen LogP contribution in [-0.4, -0.2) is 5.91 Å². The molecular formula is C8H10ClNOS. The van der Waals surface area contributed by atoms with Gasteiger partial charge in [0.25, 0.3) is 0 Å². The topological polar surface area (TPSA) is 29.1 Å². The van der Waals surface area contributed by atoms with Gasteiger partial charge < -0.3 is 5.32 Å². The number of hydrogen-bond donors (Lipinski definition) is 1. The Kier molecular flexibility index (Phi) is 3.12. The number of nitrogens with one attached hydrogen (secondary N) is 1. The van der Waals surface area contributed by atoms with E-state index in [9.17, 15) is 4.79 Å². The molecule has 0 spiro atoms. The molecule has 0 atom stereocenters. The molecule has 66 valence electrons. The molecule has 0 bridgehead atoms. The van der Waals surface area contributed by atoms with Crippen LogP contribution in [0.4, 0.5) is 5.69 Å². The first-order chi connectivity index (χ1) is 5.59. The smallest absolute Gasteiger partial charge is 0.226 e. The van der Waals surface area contributed by atoms with Gasteiger partial charge in [-0.1, -0.05) is 25.4 Å². The van der Waals surface area contributed by atoms with Gasteiger partial charge >= 0.3 is 0 Å². The summed E-state index contributed by atoms with van der Waals surface area (Å²) in [5.41, 5.74) is 0.781. The minimum Gasteiger partial charge on any atom is -0.325 e. The van der Waals surface area contributed by atoms with Crippen LogP contribution >= 0.6 is 22.9 Å². The summed E-state index contributed by atoms with van der Waals surface area (Å²) in [4.78, 5) is 11.2. The zero-order valence-electron chi connectivity index (χ0n) is 6.93. The maximum absolute atomic E-state index is 11.2. The van der Waals surface area contributed by atoms with Gasteiger partial charge in [-0.2, -0.15) is 0 Å². The Hall–Kier alpha value is -0.540. The Morgan fingerprint density at radius 1 is 1.67 bits per heavy atom. The van der Waals surface area contributed by atoms with Crippen LogP contribution in [0.15, 0.2) is 11.4 Å². The molecule has 0 saturated carbocycles. The number of anilines is 1. The van der Waals surface area contributed by atoms with Crippen molar-refractivity contribution in [3.63, 3.8) is 0 Å². The second kappa shape index (κ2) is 3.92. The van der Waals surface area contributed by atoms with Gasteiger partial charge in [0.15, 0.2) is 0 Å². The molecule has 0 aliphatic rings. The summed E-state index contributed by atoms with van der Waals surface area (Å²) in [5, 5.41) is 4.57. The number of carbonyl (C=O) groups excluding carboxylic acids is 1. The summed E-state index contributed by atoms with van der Waals surface area (Å²) < 4.78 is 0.689. The normalized spacial score (nSPS) is 10.3. The molecule has 12 heavy (non-hydrogen) atoms. The van der Waals surface area contributed by atoms with Gasteiger partial charge in [0.05, 0.1) is 10.0 Å². The Bertz CT molecular complexity index is 282. The van der Waals surface area contributed by atoms with E-state index in [-0.39, 0.29) is 11.8 Å². The molecule has 0 saturated heterocycles. The second-order valence-corrected chi connectivity index (χ2v) is 4.33. The standard InChI is InChI=1S/C8H10ClNOS/c1-5(2)8(11)10-6-3-7(9)12-4-6/h3-5H,1-2H3,(H,10,11). The Morgan fingerprint density at radius 3 is 2.75 bits per heavy atom. The zero-order valence-corrected chi connectivity index (χ0v) is 8.50. The first kappa shape index (κ1) is 9.55. The lowest BCUT2D eigenvalue weighted by Crippen LogP contribution is -2.17. The SMILES string of the molecule is CC(C)C(=O)Nc1csc(Cl)c1. The summed E-state index contributed by atoms with van der Waals surface area (Å²) in [6.45, 7) is 3.70. The summed E-state index contributed by atoms with van der Waals surface area (Å²) in [6, 6.07) is 1.74.